The number of rotatable bonds is 5. The van der Waals surface area contributed by atoms with Gasteiger partial charge in [0, 0.05) is 19.1 Å². The summed E-state index contributed by atoms with van der Waals surface area (Å²) >= 11 is 0. The van der Waals surface area contributed by atoms with Gasteiger partial charge in [0.05, 0.1) is 5.75 Å². The molecule has 0 aliphatic carbocycles. The molecule has 0 saturated carbocycles. The number of hydrogen-bond donors (Lipinski definition) is 0. The standard InChI is InChI=1S/C18H20FNO3S/c1-14-18-13-16(19)8-7-15(18)9-10-20(14)11-12-24(21,22)23-17-5-3-2-4-6-17/h2-8,13-14H,9-12H2,1H3. The summed E-state index contributed by atoms with van der Waals surface area (Å²) in [6.45, 7) is 3.08. The minimum Gasteiger partial charge on any atom is -0.382 e. The first-order chi connectivity index (χ1) is 11.4. The van der Waals surface area contributed by atoms with Gasteiger partial charge >= 0.3 is 10.1 Å². The van der Waals surface area contributed by atoms with Crippen LogP contribution < -0.4 is 4.18 Å². The van der Waals surface area contributed by atoms with Crippen LogP contribution in [-0.2, 0) is 16.5 Å². The highest BCUT2D eigenvalue weighted by Crippen LogP contribution is 2.29. The summed E-state index contributed by atoms with van der Waals surface area (Å²) in [5.74, 6) is -0.0456. The fraction of sp³-hybridized carbons (Fsp3) is 0.333. The van der Waals surface area contributed by atoms with Crippen LogP contribution in [0.4, 0.5) is 4.39 Å². The van der Waals surface area contributed by atoms with Crippen molar-refractivity contribution in [1.82, 2.24) is 4.90 Å². The van der Waals surface area contributed by atoms with E-state index in [1.54, 1.807) is 36.4 Å². The highest BCUT2D eigenvalue weighted by molar-refractivity contribution is 7.87. The van der Waals surface area contributed by atoms with Gasteiger partial charge in [-0.1, -0.05) is 24.3 Å². The molecule has 0 fully saturated rings. The van der Waals surface area contributed by atoms with E-state index in [1.807, 2.05) is 17.9 Å². The van der Waals surface area contributed by atoms with Crippen molar-refractivity contribution in [2.75, 3.05) is 18.8 Å². The maximum absolute atomic E-state index is 13.5. The summed E-state index contributed by atoms with van der Waals surface area (Å²) in [6.07, 6.45) is 0.791. The number of nitrogens with zero attached hydrogens (tertiary/aromatic N) is 1. The molecule has 1 aliphatic rings. The lowest BCUT2D eigenvalue weighted by molar-refractivity contribution is 0.209. The molecule has 2 aromatic rings. The van der Waals surface area contributed by atoms with Gasteiger partial charge in [-0.15, -0.1) is 0 Å². The van der Waals surface area contributed by atoms with Crippen LogP contribution in [0.15, 0.2) is 48.5 Å². The predicted molar refractivity (Wildman–Crippen MR) is 90.9 cm³/mol. The molecule has 0 radical (unpaired) electrons. The van der Waals surface area contributed by atoms with Gasteiger partial charge in [-0.25, -0.2) is 4.39 Å². The third-order valence-electron chi connectivity index (χ3n) is 4.37. The molecule has 1 unspecified atom stereocenters. The van der Waals surface area contributed by atoms with Crippen molar-refractivity contribution in [2.45, 2.75) is 19.4 Å². The van der Waals surface area contributed by atoms with E-state index in [2.05, 4.69) is 0 Å². The van der Waals surface area contributed by atoms with Gasteiger partial charge in [0.2, 0.25) is 0 Å². The van der Waals surface area contributed by atoms with Gasteiger partial charge in [-0.3, -0.25) is 4.90 Å². The zero-order chi connectivity index (χ0) is 17.2. The molecule has 128 valence electrons. The van der Waals surface area contributed by atoms with Crippen LogP contribution in [0, 0.1) is 5.82 Å². The Morgan fingerprint density at radius 1 is 1.21 bits per heavy atom. The van der Waals surface area contributed by atoms with Crippen molar-refractivity contribution in [1.29, 1.82) is 0 Å². The van der Waals surface area contributed by atoms with E-state index in [-0.39, 0.29) is 17.6 Å². The third kappa shape index (κ3) is 3.94. The number of fused-ring (bicyclic) bond motifs is 1. The number of hydrogen-bond acceptors (Lipinski definition) is 4. The molecule has 3 rings (SSSR count). The lowest BCUT2D eigenvalue weighted by atomic mass is 9.93. The molecule has 4 nitrogen and oxygen atoms in total. The van der Waals surface area contributed by atoms with Crippen molar-refractivity contribution in [2.24, 2.45) is 0 Å². The third-order valence-corrected chi connectivity index (χ3v) is 5.50. The molecule has 24 heavy (non-hydrogen) atoms. The van der Waals surface area contributed by atoms with Crippen LogP contribution in [0.25, 0.3) is 0 Å². The molecular weight excluding hydrogens is 329 g/mol. The molecule has 1 aliphatic heterocycles. The summed E-state index contributed by atoms with van der Waals surface area (Å²) in [5, 5.41) is 0. The van der Waals surface area contributed by atoms with Crippen LogP contribution in [0.5, 0.6) is 5.75 Å². The normalized spacial score (nSPS) is 18.2. The summed E-state index contributed by atoms with van der Waals surface area (Å²) < 4.78 is 42.9. The van der Waals surface area contributed by atoms with Crippen LogP contribution in [-0.4, -0.2) is 32.2 Å². The van der Waals surface area contributed by atoms with Crippen LogP contribution in [0.2, 0.25) is 0 Å². The largest absolute Gasteiger partial charge is 0.382 e. The number of para-hydroxylation sites is 1. The average Bonchev–Trinajstić information content (AvgIpc) is 2.55. The number of halogens is 1. The zero-order valence-electron chi connectivity index (χ0n) is 13.5. The second-order valence-electron chi connectivity index (χ2n) is 5.96. The van der Waals surface area contributed by atoms with Crippen molar-refractivity contribution < 1.29 is 17.0 Å². The molecular formula is C18H20FNO3S. The Hall–Kier alpha value is -1.92. The Labute approximate surface area is 142 Å². The predicted octanol–water partition coefficient (Wildman–Crippen LogP) is 3.15. The lowest BCUT2D eigenvalue weighted by Crippen LogP contribution is -2.37. The summed E-state index contributed by atoms with van der Waals surface area (Å²) in [5.41, 5.74) is 2.06. The first-order valence-corrected chi connectivity index (χ1v) is 9.52. The van der Waals surface area contributed by atoms with E-state index in [4.69, 9.17) is 4.18 Å². The Morgan fingerprint density at radius 3 is 2.71 bits per heavy atom. The first-order valence-electron chi connectivity index (χ1n) is 7.94. The maximum Gasteiger partial charge on any atom is 0.310 e. The van der Waals surface area contributed by atoms with E-state index in [9.17, 15) is 12.8 Å². The minimum atomic E-state index is -3.66. The van der Waals surface area contributed by atoms with Gasteiger partial charge in [-0.05, 0) is 48.7 Å². The van der Waals surface area contributed by atoms with E-state index < -0.39 is 10.1 Å². The van der Waals surface area contributed by atoms with Crippen LogP contribution in [0.3, 0.4) is 0 Å². The smallest absolute Gasteiger partial charge is 0.310 e. The Balaban J connectivity index is 1.64. The molecule has 0 N–H and O–H groups in total. The molecule has 0 bridgehead atoms. The zero-order valence-corrected chi connectivity index (χ0v) is 14.3. The van der Waals surface area contributed by atoms with E-state index in [0.29, 0.717) is 12.3 Å². The Kier molecular flexibility index (Phi) is 4.87. The molecule has 0 saturated heterocycles. The Morgan fingerprint density at radius 2 is 1.96 bits per heavy atom. The van der Waals surface area contributed by atoms with Crippen molar-refractivity contribution in [3.05, 3.63) is 65.5 Å². The minimum absolute atomic E-state index is 0.0172. The van der Waals surface area contributed by atoms with Gasteiger partial charge < -0.3 is 4.18 Å². The second-order valence-corrected chi connectivity index (χ2v) is 7.65. The lowest BCUT2D eigenvalue weighted by Gasteiger charge is -2.35. The molecule has 6 heteroatoms. The molecule has 0 amide bonds. The maximum atomic E-state index is 13.5. The van der Waals surface area contributed by atoms with Crippen molar-refractivity contribution in [3.63, 3.8) is 0 Å². The highest BCUT2D eigenvalue weighted by atomic mass is 32.2. The van der Waals surface area contributed by atoms with Gasteiger partial charge in [0.25, 0.3) is 0 Å². The van der Waals surface area contributed by atoms with E-state index >= 15 is 0 Å². The fourth-order valence-corrected chi connectivity index (χ4v) is 3.98. The van der Waals surface area contributed by atoms with Crippen LogP contribution in [0.1, 0.15) is 24.1 Å². The van der Waals surface area contributed by atoms with E-state index in [1.165, 1.54) is 6.07 Å². The quantitative estimate of drug-likeness (QED) is 0.778. The SMILES string of the molecule is CC1c2cc(F)ccc2CCN1CCS(=O)(=O)Oc1ccccc1. The molecule has 0 spiro atoms. The topological polar surface area (TPSA) is 46.6 Å². The van der Waals surface area contributed by atoms with E-state index in [0.717, 1.165) is 24.1 Å². The van der Waals surface area contributed by atoms with Crippen molar-refractivity contribution in [3.8, 4) is 5.75 Å². The highest BCUT2D eigenvalue weighted by Gasteiger charge is 2.26. The summed E-state index contributed by atoms with van der Waals surface area (Å²) in [4.78, 5) is 2.05. The average molecular weight is 349 g/mol. The first kappa shape index (κ1) is 16.9. The Bertz CT molecular complexity index is 808. The fourth-order valence-electron chi connectivity index (χ4n) is 3.04. The van der Waals surface area contributed by atoms with Gasteiger partial charge in [0.1, 0.15) is 11.6 Å². The molecule has 1 heterocycles. The van der Waals surface area contributed by atoms with Crippen molar-refractivity contribution >= 4 is 10.1 Å². The number of benzene rings is 2. The monoisotopic (exact) mass is 349 g/mol. The van der Waals surface area contributed by atoms with Crippen LogP contribution >= 0.6 is 0 Å². The summed E-state index contributed by atoms with van der Waals surface area (Å²) in [7, 11) is -3.66. The molecule has 0 aromatic heterocycles. The second kappa shape index (κ2) is 6.91. The van der Waals surface area contributed by atoms with Gasteiger partial charge in [0.15, 0.2) is 0 Å². The molecule has 1 atom stereocenters. The molecule has 2 aromatic carbocycles. The summed E-state index contributed by atoms with van der Waals surface area (Å²) in [6, 6.07) is 13.3. The van der Waals surface area contributed by atoms with Gasteiger partial charge in [-0.2, -0.15) is 8.42 Å².